The van der Waals surface area contributed by atoms with Crippen LogP contribution in [0, 0.1) is 11.8 Å². The average Bonchev–Trinajstić information content (AvgIpc) is 2.71. The first-order valence-corrected chi connectivity index (χ1v) is 7.86. The highest BCUT2D eigenvalue weighted by Gasteiger charge is 2.16. The molecule has 1 heterocycles. The third kappa shape index (κ3) is 5.41. The second kappa shape index (κ2) is 8.71. The lowest BCUT2D eigenvalue weighted by molar-refractivity contribution is 0.171. The molecule has 3 nitrogen and oxygen atoms in total. The van der Waals surface area contributed by atoms with Gasteiger partial charge in [-0.25, -0.2) is 0 Å². The number of nitrogens with zero attached hydrogens (tertiary/aromatic N) is 1. The fourth-order valence-corrected chi connectivity index (χ4v) is 2.72. The molecule has 1 fully saturated rings. The zero-order chi connectivity index (χ0) is 14.9. The molecule has 21 heavy (non-hydrogen) atoms. The molecule has 1 aromatic rings. The number of hydrogen-bond donors (Lipinski definition) is 1. The minimum Gasteiger partial charge on any atom is -0.492 e. The monoisotopic (exact) mass is 287 g/mol. The van der Waals surface area contributed by atoms with Gasteiger partial charge in [-0.3, -0.25) is 4.90 Å². The maximum atomic E-state index is 8.66. The van der Waals surface area contributed by atoms with Gasteiger partial charge < -0.3 is 9.84 Å². The number of aliphatic hydroxyl groups is 1. The Balaban J connectivity index is 1.77. The van der Waals surface area contributed by atoms with Crippen molar-refractivity contribution in [2.45, 2.75) is 38.6 Å². The molecule has 1 N–H and O–H groups in total. The number of benzene rings is 1. The molecule has 1 aromatic carbocycles. The molecule has 1 aliphatic heterocycles. The third-order valence-corrected chi connectivity index (χ3v) is 4.00. The minimum absolute atomic E-state index is 0.105. The third-order valence-electron chi connectivity index (χ3n) is 4.00. The van der Waals surface area contributed by atoms with Crippen molar-refractivity contribution in [1.29, 1.82) is 0 Å². The smallest absolute Gasteiger partial charge is 0.119 e. The zero-order valence-corrected chi connectivity index (χ0v) is 12.8. The molecule has 114 valence electrons. The molecule has 0 saturated carbocycles. The van der Waals surface area contributed by atoms with Crippen molar-refractivity contribution < 1.29 is 9.84 Å². The van der Waals surface area contributed by atoms with E-state index in [9.17, 15) is 0 Å². The molecule has 0 spiro atoms. The fraction of sp³-hybridized carbons (Fsp3) is 0.556. The molecule has 0 radical (unpaired) electrons. The lowest BCUT2D eigenvalue weighted by Crippen LogP contribution is -2.35. The molecular weight excluding hydrogens is 262 g/mol. The summed E-state index contributed by atoms with van der Waals surface area (Å²) in [5, 5.41) is 8.66. The van der Waals surface area contributed by atoms with Gasteiger partial charge in [-0.2, -0.15) is 0 Å². The Bertz CT molecular complexity index is 472. The van der Waals surface area contributed by atoms with Crippen LogP contribution in [0.25, 0.3) is 0 Å². The standard InChI is InChI=1S/C18H25NO2/c1-16-6-3-2-4-12-19(16)13-15-21-18-10-8-17(9-11-18)7-5-14-20/h8-11,16,20H,2-4,6,12-15H2,1H3. The Morgan fingerprint density at radius 3 is 2.81 bits per heavy atom. The van der Waals surface area contributed by atoms with Gasteiger partial charge in [-0.1, -0.05) is 24.7 Å². The molecule has 2 rings (SSSR count). The normalized spacial score (nSPS) is 19.4. The topological polar surface area (TPSA) is 32.7 Å². The number of ether oxygens (including phenoxy) is 1. The second-order valence-electron chi connectivity index (χ2n) is 5.57. The highest BCUT2D eigenvalue weighted by Crippen LogP contribution is 2.16. The summed E-state index contributed by atoms with van der Waals surface area (Å²) in [6, 6.07) is 8.40. The van der Waals surface area contributed by atoms with Crippen LogP contribution in [0.3, 0.4) is 0 Å². The Kier molecular flexibility index (Phi) is 6.59. The van der Waals surface area contributed by atoms with E-state index in [4.69, 9.17) is 9.84 Å². The zero-order valence-electron chi connectivity index (χ0n) is 12.8. The molecule has 0 aromatic heterocycles. The van der Waals surface area contributed by atoms with Crippen LogP contribution in [0.1, 0.15) is 38.2 Å². The van der Waals surface area contributed by atoms with E-state index in [1.54, 1.807) is 0 Å². The second-order valence-corrected chi connectivity index (χ2v) is 5.57. The first-order valence-electron chi connectivity index (χ1n) is 7.86. The van der Waals surface area contributed by atoms with Gasteiger partial charge in [0.1, 0.15) is 19.0 Å². The molecule has 0 aliphatic carbocycles. The molecule has 0 bridgehead atoms. The van der Waals surface area contributed by atoms with E-state index < -0.39 is 0 Å². The summed E-state index contributed by atoms with van der Waals surface area (Å²) in [5.41, 5.74) is 0.901. The van der Waals surface area contributed by atoms with Crippen LogP contribution in [-0.2, 0) is 0 Å². The van der Waals surface area contributed by atoms with Gasteiger partial charge in [0.15, 0.2) is 0 Å². The van der Waals surface area contributed by atoms with Crippen molar-refractivity contribution in [3.63, 3.8) is 0 Å². The summed E-state index contributed by atoms with van der Waals surface area (Å²) < 4.78 is 5.82. The van der Waals surface area contributed by atoms with E-state index in [0.717, 1.165) is 24.5 Å². The summed E-state index contributed by atoms with van der Waals surface area (Å²) >= 11 is 0. The van der Waals surface area contributed by atoms with Crippen LogP contribution >= 0.6 is 0 Å². The number of aliphatic hydroxyl groups excluding tert-OH is 1. The Morgan fingerprint density at radius 2 is 2.05 bits per heavy atom. The van der Waals surface area contributed by atoms with Crippen LogP contribution in [-0.4, -0.2) is 42.4 Å². The van der Waals surface area contributed by atoms with E-state index in [2.05, 4.69) is 23.7 Å². The van der Waals surface area contributed by atoms with Gasteiger partial charge in [0.05, 0.1) is 0 Å². The van der Waals surface area contributed by atoms with Crippen molar-refractivity contribution in [3.05, 3.63) is 29.8 Å². The molecule has 3 heteroatoms. The predicted molar refractivity (Wildman–Crippen MR) is 85.4 cm³/mol. The first-order chi connectivity index (χ1) is 10.3. The van der Waals surface area contributed by atoms with Gasteiger partial charge in [-0.15, -0.1) is 0 Å². The Labute approximate surface area is 127 Å². The highest BCUT2D eigenvalue weighted by molar-refractivity contribution is 5.38. The number of hydrogen-bond acceptors (Lipinski definition) is 3. The largest absolute Gasteiger partial charge is 0.492 e. The van der Waals surface area contributed by atoms with E-state index in [1.165, 1.54) is 32.2 Å². The summed E-state index contributed by atoms with van der Waals surface area (Å²) in [5.74, 6) is 6.40. The summed E-state index contributed by atoms with van der Waals surface area (Å²) in [4.78, 5) is 2.54. The number of rotatable bonds is 4. The summed E-state index contributed by atoms with van der Waals surface area (Å²) in [7, 11) is 0. The van der Waals surface area contributed by atoms with Crippen molar-refractivity contribution in [3.8, 4) is 17.6 Å². The van der Waals surface area contributed by atoms with Crippen LogP contribution in [0.2, 0.25) is 0 Å². The Hall–Kier alpha value is -1.50. The highest BCUT2D eigenvalue weighted by atomic mass is 16.5. The average molecular weight is 287 g/mol. The van der Waals surface area contributed by atoms with Gasteiger partial charge >= 0.3 is 0 Å². The Morgan fingerprint density at radius 1 is 1.24 bits per heavy atom. The van der Waals surface area contributed by atoms with Crippen molar-refractivity contribution >= 4 is 0 Å². The summed E-state index contributed by atoms with van der Waals surface area (Å²) in [6.45, 7) is 5.13. The van der Waals surface area contributed by atoms with Crippen LogP contribution in [0.15, 0.2) is 24.3 Å². The number of likely N-dealkylation sites (tertiary alicyclic amines) is 1. The van der Waals surface area contributed by atoms with E-state index in [-0.39, 0.29) is 6.61 Å². The van der Waals surface area contributed by atoms with Gasteiger partial charge in [0, 0.05) is 18.2 Å². The molecular formula is C18H25NO2. The molecule has 0 amide bonds. The molecule has 1 unspecified atom stereocenters. The van der Waals surface area contributed by atoms with E-state index in [1.807, 2.05) is 24.3 Å². The lowest BCUT2D eigenvalue weighted by Gasteiger charge is -2.26. The van der Waals surface area contributed by atoms with Crippen molar-refractivity contribution in [1.82, 2.24) is 4.90 Å². The quantitative estimate of drug-likeness (QED) is 0.864. The van der Waals surface area contributed by atoms with Crippen LogP contribution in [0.4, 0.5) is 0 Å². The predicted octanol–water partition coefficient (Wildman–Crippen LogP) is 2.67. The summed E-state index contributed by atoms with van der Waals surface area (Å²) in [6.07, 6.45) is 5.33. The maximum absolute atomic E-state index is 8.66. The maximum Gasteiger partial charge on any atom is 0.119 e. The molecule has 1 saturated heterocycles. The van der Waals surface area contributed by atoms with Gasteiger partial charge in [-0.05, 0) is 50.6 Å². The van der Waals surface area contributed by atoms with Gasteiger partial charge in [0.2, 0.25) is 0 Å². The van der Waals surface area contributed by atoms with E-state index >= 15 is 0 Å². The fourth-order valence-electron chi connectivity index (χ4n) is 2.72. The van der Waals surface area contributed by atoms with Crippen LogP contribution < -0.4 is 4.74 Å². The minimum atomic E-state index is -0.105. The SMILES string of the molecule is CC1CCCCCN1CCOc1ccc(C#CCO)cc1. The van der Waals surface area contributed by atoms with Gasteiger partial charge in [0.25, 0.3) is 0 Å². The van der Waals surface area contributed by atoms with Crippen molar-refractivity contribution in [2.24, 2.45) is 0 Å². The van der Waals surface area contributed by atoms with Crippen LogP contribution in [0.5, 0.6) is 5.75 Å². The molecule has 1 aliphatic rings. The van der Waals surface area contributed by atoms with E-state index in [0.29, 0.717) is 6.04 Å². The first kappa shape index (κ1) is 15.9. The van der Waals surface area contributed by atoms with Crippen molar-refractivity contribution in [2.75, 3.05) is 26.3 Å². The lowest BCUT2D eigenvalue weighted by atomic mass is 10.1. The molecule has 1 atom stereocenters.